The minimum Gasteiger partial charge on any atom is -0.480 e. The van der Waals surface area contributed by atoms with Gasteiger partial charge in [0.2, 0.25) is 0 Å². The van der Waals surface area contributed by atoms with Crippen LogP contribution in [-0.4, -0.2) is 16.9 Å². The standard InChI is InChI=1S/C11H10O3/c12-9(8-4-2-1-3-5-8)11(6-7-11)10(13)14/h1-5H,6-7H2,(H,13,14). The molecule has 1 saturated carbocycles. The average molecular weight is 190 g/mol. The minimum atomic E-state index is -1.11. The third-order valence-electron chi connectivity index (χ3n) is 2.63. The monoisotopic (exact) mass is 190 g/mol. The summed E-state index contributed by atoms with van der Waals surface area (Å²) in [6.45, 7) is 0. The maximum Gasteiger partial charge on any atom is 0.317 e. The Balaban J connectivity index is 2.30. The highest BCUT2D eigenvalue weighted by Gasteiger charge is 2.56. The van der Waals surface area contributed by atoms with Crippen LogP contribution in [0, 0.1) is 5.41 Å². The third-order valence-corrected chi connectivity index (χ3v) is 2.63. The van der Waals surface area contributed by atoms with E-state index < -0.39 is 11.4 Å². The van der Waals surface area contributed by atoms with Crippen molar-refractivity contribution >= 4 is 11.8 Å². The van der Waals surface area contributed by atoms with Gasteiger partial charge < -0.3 is 5.11 Å². The topological polar surface area (TPSA) is 54.4 Å². The molecule has 1 aromatic carbocycles. The van der Waals surface area contributed by atoms with Crippen LogP contribution in [0.3, 0.4) is 0 Å². The van der Waals surface area contributed by atoms with E-state index in [9.17, 15) is 9.59 Å². The Hall–Kier alpha value is -1.64. The number of Topliss-reactive ketones (excluding diaryl/α,β-unsaturated/α-hetero) is 1. The fourth-order valence-corrected chi connectivity index (χ4v) is 1.53. The van der Waals surface area contributed by atoms with Gasteiger partial charge in [0.25, 0.3) is 0 Å². The highest BCUT2D eigenvalue weighted by molar-refractivity contribution is 6.14. The van der Waals surface area contributed by atoms with E-state index in [4.69, 9.17) is 5.11 Å². The zero-order chi connectivity index (χ0) is 10.2. The second kappa shape index (κ2) is 2.94. The lowest BCUT2D eigenvalue weighted by atomic mass is 9.95. The van der Waals surface area contributed by atoms with Crippen LogP contribution in [0.1, 0.15) is 23.2 Å². The van der Waals surface area contributed by atoms with Gasteiger partial charge in [-0.1, -0.05) is 30.3 Å². The van der Waals surface area contributed by atoms with E-state index in [0.29, 0.717) is 18.4 Å². The summed E-state index contributed by atoms with van der Waals surface area (Å²) in [5.41, 5.74) is -0.617. The summed E-state index contributed by atoms with van der Waals surface area (Å²) < 4.78 is 0. The Morgan fingerprint density at radius 3 is 2.14 bits per heavy atom. The van der Waals surface area contributed by atoms with Gasteiger partial charge in [0.1, 0.15) is 5.41 Å². The molecule has 0 unspecified atom stereocenters. The van der Waals surface area contributed by atoms with Crippen LogP contribution in [-0.2, 0) is 4.79 Å². The molecular weight excluding hydrogens is 180 g/mol. The van der Waals surface area contributed by atoms with E-state index in [1.807, 2.05) is 0 Å². The van der Waals surface area contributed by atoms with Crippen molar-refractivity contribution in [1.29, 1.82) is 0 Å². The molecule has 3 nitrogen and oxygen atoms in total. The first-order valence-electron chi connectivity index (χ1n) is 4.50. The van der Waals surface area contributed by atoms with E-state index in [1.165, 1.54) is 0 Å². The number of carbonyl (C=O) groups excluding carboxylic acids is 1. The molecule has 1 aliphatic carbocycles. The molecule has 1 aromatic rings. The van der Waals surface area contributed by atoms with Crippen LogP contribution < -0.4 is 0 Å². The summed E-state index contributed by atoms with van der Waals surface area (Å²) in [6, 6.07) is 8.60. The van der Waals surface area contributed by atoms with E-state index >= 15 is 0 Å². The summed E-state index contributed by atoms with van der Waals surface area (Å²) >= 11 is 0. The zero-order valence-corrected chi connectivity index (χ0v) is 7.56. The first kappa shape index (κ1) is 8.94. The van der Waals surface area contributed by atoms with Crippen molar-refractivity contribution in [2.45, 2.75) is 12.8 Å². The molecule has 0 spiro atoms. The number of benzene rings is 1. The van der Waals surface area contributed by atoms with Gasteiger partial charge in [-0.15, -0.1) is 0 Å². The number of hydrogen-bond acceptors (Lipinski definition) is 2. The number of carboxylic acids is 1. The number of carboxylic acid groups (broad SMARTS) is 1. The Labute approximate surface area is 81.4 Å². The fraction of sp³-hybridized carbons (Fsp3) is 0.273. The van der Waals surface area contributed by atoms with E-state index in [-0.39, 0.29) is 5.78 Å². The van der Waals surface area contributed by atoms with Crippen LogP contribution >= 0.6 is 0 Å². The van der Waals surface area contributed by atoms with Gasteiger partial charge in [0.15, 0.2) is 5.78 Å². The van der Waals surface area contributed by atoms with Crippen molar-refractivity contribution in [2.75, 3.05) is 0 Å². The van der Waals surface area contributed by atoms with Crippen LogP contribution in [0.5, 0.6) is 0 Å². The van der Waals surface area contributed by atoms with Gasteiger partial charge in [0.05, 0.1) is 0 Å². The normalized spacial score (nSPS) is 17.4. The highest BCUT2D eigenvalue weighted by Crippen LogP contribution is 2.48. The quantitative estimate of drug-likeness (QED) is 0.583. The predicted molar refractivity (Wildman–Crippen MR) is 50.1 cm³/mol. The second-order valence-electron chi connectivity index (χ2n) is 3.58. The van der Waals surface area contributed by atoms with Crippen molar-refractivity contribution in [3.05, 3.63) is 35.9 Å². The van der Waals surface area contributed by atoms with E-state index in [1.54, 1.807) is 30.3 Å². The van der Waals surface area contributed by atoms with Crippen LogP contribution in [0.2, 0.25) is 0 Å². The summed E-state index contributed by atoms with van der Waals surface area (Å²) in [5, 5.41) is 8.91. The lowest BCUT2D eigenvalue weighted by molar-refractivity contribution is -0.141. The molecule has 1 aliphatic rings. The number of carbonyl (C=O) groups is 2. The Bertz CT molecular complexity index is 377. The number of aliphatic carboxylic acids is 1. The zero-order valence-electron chi connectivity index (χ0n) is 7.56. The average Bonchev–Trinajstić information content (AvgIpc) is 2.99. The molecule has 0 atom stereocenters. The molecule has 72 valence electrons. The molecule has 2 rings (SSSR count). The molecule has 0 amide bonds. The van der Waals surface area contributed by atoms with Gasteiger partial charge in [0, 0.05) is 5.56 Å². The first-order chi connectivity index (χ1) is 6.67. The highest BCUT2D eigenvalue weighted by atomic mass is 16.4. The second-order valence-corrected chi connectivity index (χ2v) is 3.58. The van der Waals surface area contributed by atoms with Gasteiger partial charge in [-0.2, -0.15) is 0 Å². The molecule has 0 aromatic heterocycles. The summed E-state index contributed by atoms with van der Waals surface area (Å²) in [7, 11) is 0. The molecule has 1 N–H and O–H groups in total. The van der Waals surface area contributed by atoms with Gasteiger partial charge in [-0.05, 0) is 12.8 Å². The summed E-state index contributed by atoms with van der Waals surface area (Å²) in [4.78, 5) is 22.7. The first-order valence-corrected chi connectivity index (χ1v) is 4.50. The smallest absolute Gasteiger partial charge is 0.317 e. The van der Waals surface area contributed by atoms with Crippen molar-refractivity contribution in [3.63, 3.8) is 0 Å². The van der Waals surface area contributed by atoms with Crippen LogP contribution in [0.15, 0.2) is 30.3 Å². The van der Waals surface area contributed by atoms with Gasteiger partial charge >= 0.3 is 5.97 Å². The van der Waals surface area contributed by atoms with E-state index in [2.05, 4.69) is 0 Å². The molecule has 0 aliphatic heterocycles. The molecule has 0 radical (unpaired) electrons. The number of ketones is 1. The molecule has 1 fully saturated rings. The van der Waals surface area contributed by atoms with Crippen molar-refractivity contribution in [3.8, 4) is 0 Å². The maximum atomic E-state index is 11.8. The van der Waals surface area contributed by atoms with E-state index in [0.717, 1.165) is 0 Å². The van der Waals surface area contributed by atoms with Crippen LogP contribution in [0.25, 0.3) is 0 Å². The molecule has 0 heterocycles. The van der Waals surface area contributed by atoms with Gasteiger partial charge in [-0.3, -0.25) is 9.59 Å². The number of rotatable bonds is 3. The lowest BCUT2D eigenvalue weighted by Gasteiger charge is -2.07. The Morgan fingerprint density at radius 2 is 1.71 bits per heavy atom. The third kappa shape index (κ3) is 1.21. The Kier molecular flexibility index (Phi) is 1.88. The summed E-state index contributed by atoms with van der Waals surface area (Å²) in [5.74, 6) is -1.25. The van der Waals surface area contributed by atoms with Crippen molar-refractivity contribution in [2.24, 2.45) is 5.41 Å². The molecule has 3 heteroatoms. The Morgan fingerprint density at radius 1 is 1.14 bits per heavy atom. The molecule has 14 heavy (non-hydrogen) atoms. The predicted octanol–water partition coefficient (Wildman–Crippen LogP) is 1.73. The molecular formula is C11H10O3. The van der Waals surface area contributed by atoms with Crippen molar-refractivity contribution < 1.29 is 14.7 Å². The largest absolute Gasteiger partial charge is 0.480 e. The molecule has 0 bridgehead atoms. The van der Waals surface area contributed by atoms with Crippen LogP contribution in [0.4, 0.5) is 0 Å². The SMILES string of the molecule is O=C(O)C1(C(=O)c2ccccc2)CC1. The number of hydrogen-bond donors (Lipinski definition) is 1. The van der Waals surface area contributed by atoms with Crippen molar-refractivity contribution in [1.82, 2.24) is 0 Å². The molecule has 0 saturated heterocycles. The summed E-state index contributed by atoms with van der Waals surface area (Å²) in [6.07, 6.45) is 0.937. The fourth-order valence-electron chi connectivity index (χ4n) is 1.53. The maximum absolute atomic E-state index is 11.8. The van der Waals surface area contributed by atoms with Gasteiger partial charge in [-0.25, -0.2) is 0 Å². The lowest BCUT2D eigenvalue weighted by Crippen LogP contribution is -2.25. The minimum absolute atomic E-state index is 0.259.